The fraction of sp³-hybridized carbons (Fsp3) is 0.938. The van der Waals surface area contributed by atoms with Crippen molar-refractivity contribution in [2.45, 2.75) is 77.7 Å². The first-order chi connectivity index (χ1) is 8.97. The standard InChI is InChI=1S/C16H30N2O/c1-15(2)10-6-13(7-11-15)18-14(19)16(12-17)8-4-3-5-9-16/h13H,3-12,17H2,1-2H3,(H,18,19). The molecule has 3 nitrogen and oxygen atoms in total. The minimum Gasteiger partial charge on any atom is -0.353 e. The van der Waals surface area contributed by atoms with Crippen molar-refractivity contribution in [2.75, 3.05) is 6.54 Å². The van der Waals surface area contributed by atoms with Crippen LogP contribution in [0.3, 0.4) is 0 Å². The molecule has 0 spiro atoms. The minimum absolute atomic E-state index is 0.236. The molecule has 2 aliphatic rings. The normalized spacial score (nSPS) is 26.9. The summed E-state index contributed by atoms with van der Waals surface area (Å²) in [4.78, 5) is 12.6. The average molecular weight is 266 g/mol. The van der Waals surface area contributed by atoms with Gasteiger partial charge in [0.1, 0.15) is 0 Å². The number of hydrogen-bond donors (Lipinski definition) is 2. The Hall–Kier alpha value is -0.570. The van der Waals surface area contributed by atoms with E-state index in [4.69, 9.17) is 5.73 Å². The van der Waals surface area contributed by atoms with Crippen LogP contribution in [0, 0.1) is 10.8 Å². The van der Waals surface area contributed by atoms with E-state index in [1.165, 1.54) is 19.3 Å². The highest BCUT2D eigenvalue weighted by Crippen LogP contribution is 2.38. The zero-order chi connectivity index (χ0) is 13.9. The molecular formula is C16H30N2O. The second kappa shape index (κ2) is 5.82. The first-order valence-corrected chi connectivity index (χ1v) is 7.99. The summed E-state index contributed by atoms with van der Waals surface area (Å²) in [6.07, 6.45) is 10.2. The van der Waals surface area contributed by atoms with Gasteiger partial charge in [0.25, 0.3) is 0 Å². The summed E-state index contributed by atoms with van der Waals surface area (Å²) in [5.74, 6) is 0.236. The van der Waals surface area contributed by atoms with Gasteiger partial charge in [0.05, 0.1) is 5.41 Å². The molecule has 0 radical (unpaired) electrons. The largest absolute Gasteiger partial charge is 0.353 e. The molecule has 110 valence electrons. The van der Waals surface area contributed by atoms with Crippen molar-refractivity contribution in [3.05, 3.63) is 0 Å². The molecule has 0 atom stereocenters. The fourth-order valence-electron chi connectivity index (χ4n) is 3.63. The highest BCUT2D eigenvalue weighted by Gasteiger charge is 2.39. The monoisotopic (exact) mass is 266 g/mol. The maximum absolute atomic E-state index is 12.6. The number of hydrogen-bond acceptors (Lipinski definition) is 2. The van der Waals surface area contributed by atoms with E-state index in [1.54, 1.807) is 0 Å². The lowest BCUT2D eigenvalue weighted by molar-refractivity contribution is -0.133. The summed E-state index contributed by atoms with van der Waals surface area (Å²) < 4.78 is 0. The second-order valence-electron chi connectivity index (χ2n) is 7.46. The highest BCUT2D eigenvalue weighted by molar-refractivity contribution is 5.83. The lowest BCUT2D eigenvalue weighted by Crippen LogP contribution is -2.51. The van der Waals surface area contributed by atoms with Crippen molar-refractivity contribution in [3.8, 4) is 0 Å². The Bertz CT molecular complexity index is 309. The second-order valence-corrected chi connectivity index (χ2v) is 7.46. The minimum atomic E-state index is -0.259. The van der Waals surface area contributed by atoms with E-state index in [1.807, 2.05) is 0 Å². The molecule has 0 unspecified atom stereocenters. The number of carbonyl (C=O) groups excluding carboxylic acids is 1. The van der Waals surface area contributed by atoms with Gasteiger partial charge in [-0.2, -0.15) is 0 Å². The number of amides is 1. The van der Waals surface area contributed by atoms with E-state index in [2.05, 4.69) is 19.2 Å². The third kappa shape index (κ3) is 3.50. The van der Waals surface area contributed by atoms with Crippen LogP contribution >= 0.6 is 0 Å². The molecule has 1 amide bonds. The molecule has 0 bridgehead atoms. The van der Waals surface area contributed by atoms with E-state index in [9.17, 15) is 4.79 Å². The maximum atomic E-state index is 12.6. The predicted molar refractivity (Wildman–Crippen MR) is 78.8 cm³/mol. The van der Waals surface area contributed by atoms with Gasteiger partial charge in [-0.05, 0) is 43.9 Å². The molecule has 0 saturated heterocycles. The number of carbonyl (C=O) groups is 1. The van der Waals surface area contributed by atoms with Crippen LogP contribution in [-0.2, 0) is 4.79 Å². The molecule has 3 N–H and O–H groups in total. The van der Waals surface area contributed by atoms with Crippen LogP contribution in [0.4, 0.5) is 0 Å². The molecule has 0 aromatic carbocycles. The SMILES string of the molecule is CC1(C)CCC(NC(=O)C2(CN)CCCCC2)CC1. The quantitative estimate of drug-likeness (QED) is 0.825. The fourth-order valence-corrected chi connectivity index (χ4v) is 3.63. The molecule has 2 rings (SSSR count). The summed E-state index contributed by atoms with van der Waals surface area (Å²) in [7, 11) is 0. The van der Waals surface area contributed by atoms with E-state index in [-0.39, 0.29) is 11.3 Å². The van der Waals surface area contributed by atoms with Crippen molar-refractivity contribution >= 4 is 5.91 Å². The first kappa shape index (κ1) is 14.8. The van der Waals surface area contributed by atoms with Gasteiger partial charge in [-0.25, -0.2) is 0 Å². The lowest BCUT2D eigenvalue weighted by atomic mass is 9.72. The molecule has 2 aliphatic carbocycles. The summed E-state index contributed by atoms with van der Waals surface area (Å²) in [5, 5.41) is 3.30. The van der Waals surface area contributed by atoms with Gasteiger partial charge in [0, 0.05) is 12.6 Å². The van der Waals surface area contributed by atoms with Crippen molar-refractivity contribution in [3.63, 3.8) is 0 Å². The molecule has 0 aliphatic heterocycles. The molecule has 19 heavy (non-hydrogen) atoms. The summed E-state index contributed by atoms with van der Waals surface area (Å²) in [5.41, 5.74) is 6.12. The van der Waals surface area contributed by atoms with Gasteiger partial charge >= 0.3 is 0 Å². The van der Waals surface area contributed by atoms with Crippen molar-refractivity contribution in [1.29, 1.82) is 0 Å². The zero-order valence-electron chi connectivity index (χ0n) is 12.6. The third-order valence-corrected chi connectivity index (χ3v) is 5.36. The maximum Gasteiger partial charge on any atom is 0.227 e. The summed E-state index contributed by atoms with van der Waals surface area (Å²) >= 11 is 0. The molecule has 0 aromatic rings. The van der Waals surface area contributed by atoms with Crippen LogP contribution in [0.25, 0.3) is 0 Å². The van der Waals surface area contributed by atoms with Gasteiger partial charge in [0.15, 0.2) is 0 Å². The van der Waals surface area contributed by atoms with Crippen molar-refractivity contribution in [1.82, 2.24) is 5.32 Å². The number of rotatable bonds is 3. The van der Waals surface area contributed by atoms with Gasteiger partial charge in [-0.15, -0.1) is 0 Å². The molecule has 0 aromatic heterocycles. The Morgan fingerprint density at radius 2 is 1.68 bits per heavy atom. The molecular weight excluding hydrogens is 236 g/mol. The van der Waals surface area contributed by atoms with Crippen LogP contribution in [0.2, 0.25) is 0 Å². The van der Waals surface area contributed by atoms with Crippen LogP contribution < -0.4 is 11.1 Å². The summed E-state index contributed by atoms with van der Waals surface area (Å²) in [6, 6.07) is 0.380. The number of nitrogens with one attached hydrogen (secondary N) is 1. The van der Waals surface area contributed by atoms with Crippen LogP contribution in [0.5, 0.6) is 0 Å². The smallest absolute Gasteiger partial charge is 0.227 e. The first-order valence-electron chi connectivity index (χ1n) is 7.99. The van der Waals surface area contributed by atoms with Gasteiger partial charge in [-0.3, -0.25) is 4.79 Å². The number of nitrogens with two attached hydrogens (primary N) is 1. The van der Waals surface area contributed by atoms with Crippen molar-refractivity contribution in [2.24, 2.45) is 16.6 Å². The average Bonchev–Trinajstić information content (AvgIpc) is 2.42. The van der Waals surface area contributed by atoms with Crippen LogP contribution in [-0.4, -0.2) is 18.5 Å². The van der Waals surface area contributed by atoms with Crippen LogP contribution in [0.1, 0.15) is 71.6 Å². The van der Waals surface area contributed by atoms with E-state index < -0.39 is 0 Å². The van der Waals surface area contributed by atoms with Gasteiger partial charge in [0.2, 0.25) is 5.91 Å². The van der Waals surface area contributed by atoms with Crippen molar-refractivity contribution < 1.29 is 4.79 Å². The Labute approximate surface area is 117 Å². The lowest BCUT2D eigenvalue weighted by Gasteiger charge is -2.39. The Morgan fingerprint density at radius 3 is 2.21 bits per heavy atom. The van der Waals surface area contributed by atoms with Gasteiger partial charge in [-0.1, -0.05) is 33.1 Å². The topological polar surface area (TPSA) is 55.1 Å². The Kier molecular flexibility index (Phi) is 4.54. The molecule has 2 saturated carbocycles. The third-order valence-electron chi connectivity index (χ3n) is 5.36. The van der Waals surface area contributed by atoms with Crippen LogP contribution in [0.15, 0.2) is 0 Å². The molecule has 2 fully saturated rings. The molecule has 3 heteroatoms. The zero-order valence-corrected chi connectivity index (χ0v) is 12.6. The highest BCUT2D eigenvalue weighted by atomic mass is 16.2. The summed E-state index contributed by atoms with van der Waals surface area (Å²) in [6.45, 7) is 5.16. The molecule has 0 heterocycles. The van der Waals surface area contributed by atoms with E-state index in [0.29, 0.717) is 18.0 Å². The van der Waals surface area contributed by atoms with E-state index >= 15 is 0 Å². The van der Waals surface area contributed by atoms with E-state index in [0.717, 1.165) is 38.5 Å². The Balaban J connectivity index is 1.89. The Morgan fingerprint density at radius 1 is 1.11 bits per heavy atom. The van der Waals surface area contributed by atoms with Gasteiger partial charge < -0.3 is 11.1 Å². The predicted octanol–water partition coefficient (Wildman–Crippen LogP) is 2.98.